The molecule has 1 amide bonds. The number of amides is 1. The lowest BCUT2D eigenvalue weighted by molar-refractivity contribution is 0.0697. The fraction of sp³-hybridized carbons (Fsp3) is 0.562. The first kappa shape index (κ1) is 15.5. The van der Waals surface area contributed by atoms with Crippen molar-refractivity contribution in [1.29, 1.82) is 0 Å². The zero-order valence-corrected chi connectivity index (χ0v) is 13.2. The van der Waals surface area contributed by atoms with Crippen LogP contribution in [0.4, 0.5) is 5.69 Å². The average molecular weight is 292 g/mol. The van der Waals surface area contributed by atoms with E-state index in [9.17, 15) is 4.79 Å². The van der Waals surface area contributed by atoms with E-state index in [1.54, 1.807) is 26.4 Å². The second-order valence-corrected chi connectivity index (χ2v) is 5.79. The van der Waals surface area contributed by atoms with Crippen LogP contribution < -0.4 is 15.2 Å². The predicted molar refractivity (Wildman–Crippen MR) is 82.9 cm³/mol. The lowest BCUT2D eigenvalue weighted by atomic mass is 10.1. The number of hydrogen-bond donors (Lipinski definition) is 1. The molecule has 2 rings (SSSR count). The minimum absolute atomic E-state index is 0.0460. The van der Waals surface area contributed by atoms with Crippen molar-refractivity contribution in [3.05, 3.63) is 17.7 Å². The third-order valence-electron chi connectivity index (χ3n) is 3.82. The first-order valence-corrected chi connectivity index (χ1v) is 7.30. The molecule has 1 aromatic carbocycles. The minimum Gasteiger partial charge on any atom is -0.493 e. The van der Waals surface area contributed by atoms with Gasteiger partial charge in [-0.25, -0.2) is 0 Å². The molecule has 5 heteroatoms. The molecule has 2 N–H and O–H groups in total. The Morgan fingerprint density at radius 1 is 1.29 bits per heavy atom. The summed E-state index contributed by atoms with van der Waals surface area (Å²) in [6.07, 6.45) is 2.41. The predicted octanol–water partition coefficient (Wildman–Crippen LogP) is 2.55. The molecule has 0 aromatic heterocycles. The van der Waals surface area contributed by atoms with Gasteiger partial charge in [0.25, 0.3) is 5.91 Å². The first-order chi connectivity index (χ1) is 9.97. The molecular weight excluding hydrogens is 268 g/mol. The Labute approximate surface area is 126 Å². The number of rotatable bonds is 6. The quantitative estimate of drug-likeness (QED) is 0.818. The molecular formula is C16H24N2O3. The molecule has 1 aliphatic rings. The van der Waals surface area contributed by atoms with Gasteiger partial charge in [0.15, 0.2) is 11.5 Å². The summed E-state index contributed by atoms with van der Waals surface area (Å²) in [4.78, 5) is 14.7. The molecule has 0 aliphatic heterocycles. The number of nitrogens with two attached hydrogens (primary N) is 1. The van der Waals surface area contributed by atoms with Gasteiger partial charge in [0.2, 0.25) is 0 Å². The summed E-state index contributed by atoms with van der Waals surface area (Å²) < 4.78 is 10.5. The van der Waals surface area contributed by atoms with Crippen LogP contribution in [0.2, 0.25) is 0 Å². The SMILES string of the molecule is COc1cc(N)c(C(=O)N(CC2CC2)C(C)C)cc1OC. The lowest BCUT2D eigenvalue weighted by Gasteiger charge is -2.27. The first-order valence-electron chi connectivity index (χ1n) is 7.30. The van der Waals surface area contributed by atoms with Gasteiger partial charge in [-0.1, -0.05) is 0 Å². The van der Waals surface area contributed by atoms with E-state index in [2.05, 4.69) is 0 Å². The third-order valence-corrected chi connectivity index (χ3v) is 3.82. The third kappa shape index (κ3) is 3.40. The van der Waals surface area contributed by atoms with E-state index in [1.807, 2.05) is 18.7 Å². The van der Waals surface area contributed by atoms with Crippen molar-refractivity contribution in [2.45, 2.75) is 32.7 Å². The van der Waals surface area contributed by atoms with Crippen molar-refractivity contribution in [3.63, 3.8) is 0 Å². The number of ether oxygens (including phenoxy) is 2. The van der Waals surface area contributed by atoms with E-state index in [0.29, 0.717) is 28.7 Å². The maximum Gasteiger partial charge on any atom is 0.256 e. The Morgan fingerprint density at radius 2 is 1.86 bits per heavy atom. The van der Waals surface area contributed by atoms with Crippen molar-refractivity contribution in [3.8, 4) is 11.5 Å². The molecule has 1 aromatic rings. The monoisotopic (exact) mass is 292 g/mol. The molecule has 0 saturated heterocycles. The Balaban J connectivity index is 2.31. The van der Waals surface area contributed by atoms with Gasteiger partial charge in [-0.3, -0.25) is 4.79 Å². The lowest BCUT2D eigenvalue weighted by Crippen LogP contribution is -2.38. The molecule has 21 heavy (non-hydrogen) atoms. The summed E-state index contributed by atoms with van der Waals surface area (Å²) in [6, 6.07) is 3.45. The van der Waals surface area contributed by atoms with Gasteiger partial charge in [0, 0.05) is 24.3 Å². The van der Waals surface area contributed by atoms with Crippen molar-refractivity contribution in [2.75, 3.05) is 26.5 Å². The van der Waals surface area contributed by atoms with Crippen LogP contribution >= 0.6 is 0 Å². The van der Waals surface area contributed by atoms with Crippen LogP contribution in [0.3, 0.4) is 0 Å². The summed E-state index contributed by atoms with van der Waals surface area (Å²) in [7, 11) is 3.10. The van der Waals surface area contributed by atoms with E-state index in [1.165, 1.54) is 12.8 Å². The highest BCUT2D eigenvalue weighted by Crippen LogP contribution is 2.34. The number of nitrogens with zero attached hydrogens (tertiary/aromatic N) is 1. The van der Waals surface area contributed by atoms with Gasteiger partial charge in [0.1, 0.15) is 0 Å². The van der Waals surface area contributed by atoms with Gasteiger partial charge in [-0.05, 0) is 38.7 Å². The smallest absolute Gasteiger partial charge is 0.256 e. The molecule has 0 unspecified atom stereocenters. The van der Waals surface area contributed by atoms with Crippen molar-refractivity contribution in [1.82, 2.24) is 4.90 Å². The average Bonchev–Trinajstić information content (AvgIpc) is 3.27. The molecule has 5 nitrogen and oxygen atoms in total. The topological polar surface area (TPSA) is 64.8 Å². The summed E-state index contributed by atoms with van der Waals surface area (Å²) in [5.74, 6) is 1.64. The van der Waals surface area contributed by atoms with Crippen LogP contribution in [-0.2, 0) is 0 Å². The van der Waals surface area contributed by atoms with Gasteiger partial charge in [0.05, 0.1) is 19.8 Å². The van der Waals surface area contributed by atoms with E-state index in [-0.39, 0.29) is 11.9 Å². The van der Waals surface area contributed by atoms with Gasteiger partial charge in [-0.2, -0.15) is 0 Å². The van der Waals surface area contributed by atoms with Gasteiger partial charge >= 0.3 is 0 Å². The Bertz CT molecular complexity index is 524. The van der Waals surface area contributed by atoms with Crippen LogP contribution in [0, 0.1) is 5.92 Å². The molecule has 0 radical (unpaired) electrons. The van der Waals surface area contributed by atoms with Crippen LogP contribution in [-0.4, -0.2) is 37.6 Å². The van der Waals surface area contributed by atoms with Crippen LogP contribution in [0.1, 0.15) is 37.0 Å². The van der Waals surface area contributed by atoms with Gasteiger partial charge < -0.3 is 20.1 Å². The fourth-order valence-electron chi connectivity index (χ4n) is 2.34. The fourth-order valence-corrected chi connectivity index (χ4v) is 2.34. The minimum atomic E-state index is -0.0460. The number of anilines is 1. The van der Waals surface area contributed by atoms with E-state index in [0.717, 1.165) is 6.54 Å². The largest absolute Gasteiger partial charge is 0.493 e. The van der Waals surface area contributed by atoms with Crippen LogP contribution in [0.15, 0.2) is 12.1 Å². The van der Waals surface area contributed by atoms with E-state index in [4.69, 9.17) is 15.2 Å². The second-order valence-electron chi connectivity index (χ2n) is 5.79. The summed E-state index contributed by atoms with van der Waals surface area (Å²) >= 11 is 0. The molecule has 1 fully saturated rings. The van der Waals surface area contributed by atoms with Crippen molar-refractivity contribution >= 4 is 11.6 Å². The van der Waals surface area contributed by atoms with E-state index >= 15 is 0 Å². The summed E-state index contributed by atoms with van der Waals surface area (Å²) in [6.45, 7) is 4.85. The normalized spacial score (nSPS) is 14.1. The highest BCUT2D eigenvalue weighted by atomic mass is 16.5. The Hall–Kier alpha value is -1.91. The Kier molecular flexibility index (Phi) is 4.60. The van der Waals surface area contributed by atoms with Crippen molar-refractivity contribution in [2.24, 2.45) is 5.92 Å². The number of nitrogen functional groups attached to an aromatic ring is 1. The molecule has 1 saturated carbocycles. The molecule has 1 aliphatic carbocycles. The molecule has 0 atom stereocenters. The maximum atomic E-state index is 12.8. The van der Waals surface area contributed by atoms with Crippen molar-refractivity contribution < 1.29 is 14.3 Å². The molecule has 0 spiro atoms. The summed E-state index contributed by atoms with van der Waals surface area (Å²) in [5.41, 5.74) is 6.91. The molecule has 0 heterocycles. The number of carbonyl (C=O) groups is 1. The second kappa shape index (κ2) is 6.24. The highest BCUT2D eigenvalue weighted by molar-refractivity contribution is 6.00. The summed E-state index contributed by atoms with van der Waals surface area (Å²) in [5, 5.41) is 0. The highest BCUT2D eigenvalue weighted by Gasteiger charge is 2.30. The maximum absolute atomic E-state index is 12.8. The number of methoxy groups -OCH3 is 2. The van der Waals surface area contributed by atoms with Gasteiger partial charge in [-0.15, -0.1) is 0 Å². The molecule has 0 bridgehead atoms. The number of carbonyl (C=O) groups excluding carboxylic acids is 1. The molecule has 116 valence electrons. The van der Waals surface area contributed by atoms with E-state index < -0.39 is 0 Å². The number of hydrogen-bond acceptors (Lipinski definition) is 4. The number of benzene rings is 1. The Morgan fingerprint density at radius 3 is 2.33 bits per heavy atom. The standard InChI is InChI=1S/C16H24N2O3/c1-10(2)18(9-11-5-6-11)16(19)12-7-14(20-3)15(21-4)8-13(12)17/h7-8,10-11H,5-6,9,17H2,1-4H3. The zero-order chi connectivity index (χ0) is 15.6. The zero-order valence-electron chi connectivity index (χ0n) is 13.2. The van der Waals surface area contributed by atoms with Crippen LogP contribution in [0.5, 0.6) is 11.5 Å². The van der Waals surface area contributed by atoms with Crippen LogP contribution in [0.25, 0.3) is 0 Å².